The van der Waals surface area contributed by atoms with Crippen LogP contribution < -0.4 is 11.3 Å². The van der Waals surface area contributed by atoms with Gasteiger partial charge in [0.15, 0.2) is 0 Å². The summed E-state index contributed by atoms with van der Waals surface area (Å²) in [4.78, 5) is 4.12. The summed E-state index contributed by atoms with van der Waals surface area (Å²) in [5, 5.41) is 2.13. The highest BCUT2D eigenvalue weighted by Crippen LogP contribution is 2.30. The van der Waals surface area contributed by atoms with E-state index in [0.29, 0.717) is 0 Å². The predicted molar refractivity (Wildman–Crippen MR) is 82.3 cm³/mol. The SMILES string of the molecule is NNC(c1ccc(F)c(Cl)c1)c1cccc2cnccc12. The zero-order valence-electron chi connectivity index (χ0n) is 11.1. The molecule has 0 saturated heterocycles. The van der Waals surface area contributed by atoms with E-state index in [2.05, 4.69) is 10.4 Å². The van der Waals surface area contributed by atoms with E-state index in [1.54, 1.807) is 24.5 Å². The molecule has 0 spiro atoms. The van der Waals surface area contributed by atoms with Gasteiger partial charge in [-0.25, -0.2) is 9.82 Å². The summed E-state index contributed by atoms with van der Waals surface area (Å²) in [7, 11) is 0. The molecule has 1 unspecified atom stereocenters. The number of pyridine rings is 1. The van der Waals surface area contributed by atoms with E-state index in [1.807, 2.05) is 24.3 Å². The number of nitrogens with two attached hydrogens (primary N) is 1. The Hall–Kier alpha value is -2.01. The van der Waals surface area contributed by atoms with E-state index < -0.39 is 5.82 Å². The Labute approximate surface area is 126 Å². The quantitative estimate of drug-likeness (QED) is 0.574. The molecule has 0 aliphatic heterocycles. The average Bonchev–Trinajstić information content (AvgIpc) is 2.52. The second-order valence-electron chi connectivity index (χ2n) is 4.72. The van der Waals surface area contributed by atoms with Gasteiger partial charge in [0.05, 0.1) is 11.1 Å². The van der Waals surface area contributed by atoms with Gasteiger partial charge >= 0.3 is 0 Å². The van der Waals surface area contributed by atoms with Gasteiger partial charge in [0, 0.05) is 17.8 Å². The molecule has 5 heteroatoms. The molecule has 1 atom stereocenters. The molecule has 0 aliphatic carbocycles. The van der Waals surface area contributed by atoms with Crippen molar-refractivity contribution >= 4 is 22.4 Å². The molecule has 1 aromatic heterocycles. The first kappa shape index (κ1) is 13.9. The number of rotatable bonds is 3. The number of nitrogens with one attached hydrogen (secondary N) is 1. The Kier molecular flexibility index (Phi) is 3.84. The maximum Gasteiger partial charge on any atom is 0.141 e. The van der Waals surface area contributed by atoms with Crippen LogP contribution in [0.1, 0.15) is 17.2 Å². The summed E-state index contributed by atoms with van der Waals surface area (Å²) in [6.45, 7) is 0. The lowest BCUT2D eigenvalue weighted by Crippen LogP contribution is -2.29. The van der Waals surface area contributed by atoms with Gasteiger partial charge in [-0.15, -0.1) is 0 Å². The summed E-state index contributed by atoms with van der Waals surface area (Å²) in [5.74, 6) is 5.27. The molecular weight excluding hydrogens is 289 g/mol. The first-order valence-electron chi connectivity index (χ1n) is 6.44. The Bertz CT molecular complexity index is 786. The van der Waals surface area contributed by atoms with Crippen LogP contribution in [-0.4, -0.2) is 4.98 Å². The van der Waals surface area contributed by atoms with Crippen LogP contribution in [0.3, 0.4) is 0 Å². The fraction of sp³-hybridized carbons (Fsp3) is 0.0625. The lowest BCUT2D eigenvalue weighted by atomic mass is 9.95. The second-order valence-corrected chi connectivity index (χ2v) is 5.12. The highest BCUT2D eigenvalue weighted by atomic mass is 35.5. The Morgan fingerprint density at radius 1 is 1.19 bits per heavy atom. The molecule has 3 rings (SSSR count). The van der Waals surface area contributed by atoms with E-state index in [9.17, 15) is 4.39 Å². The monoisotopic (exact) mass is 301 g/mol. The second kappa shape index (κ2) is 5.77. The van der Waals surface area contributed by atoms with E-state index in [4.69, 9.17) is 17.4 Å². The van der Waals surface area contributed by atoms with Gasteiger partial charge in [-0.05, 0) is 34.7 Å². The minimum Gasteiger partial charge on any atom is -0.271 e. The predicted octanol–water partition coefficient (Wildman–Crippen LogP) is 3.58. The van der Waals surface area contributed by atoms with Crippen molar-refractivity contribution in [1.29, 1.82) is 0 Å². The van der Waals surface area contributed by atoms with Gasteiger partial charge in [-0.3, -0.25) is 10.8 Å². The first-order valence-corrected chi connectivity index (χ1v) is 6.82. The van der Waals surface area contributed by atoms with Crippen LogP contribution in [0.5, 0.6) is 0 Å². The normalized spacial score (nSPS) is 12.5. The van der Waals surface area contributed by atoms with E-state index >= 15 is 0 Å². The Morgan fingerprint density at radius 2 is 2.05 bits per heavy atom. The van der Waals surface area contributed by atoms with Gasteiger partial charge in [0.1, 0.15) is 5.82 Å². The Morgan fingerprint density at radius 3 is 2.81 bits per heavy atom. The van der Waals surface area contributed by atoms with Crippen molar-refractivity contribution < 1.29 is 4.39 Å². The largest absolute Gasteiger partial charge is 0.271 e. The standard InChI is InChI=1S/C16H13ClFN3/c17-14-8-10(4-5-15(14)18)16(21-19)13-3-1-2-11-9-20-7-6-12(11)13/h1-9,16,21H,19H2. The van der Waals surface area contributed by atoms with E-state index in [0.717, 1.165) is 21.9 Å². The van der Waals surface area contributed by atoms with E-state index in [1.165, 1.54) is 6.07 Å². The molecule has 106 valence electrons. The van der Waals surface area contributed by atoms with Crippen molar-refractivity contribution in [3.05, 3.63) is 76.8 Å². The maximum atomic E-state index is 13.3. The van der Waals surface area contributed by atoms with Crippen molar-refractivity contribution in [1.82, 2.24) is 10.4 Å². The third kappa shape index (κ3) is 2.61. The van der Waals surface area contributed by atoms with Crippen molar-refractivity contribution in [2.75, 3.05) is 0 Å². The average molecular weight is 302 g/mol. The number of hydrogen-bond acceptors (Lipinski definition) is 3. The smallest absolute Gasteiger partial charge is 0.141 e. The third-order valence-corrected chi connectivity index (χ3v) is 3.76. The molecule has 21 heavy (non-hydrogen) atoms. The summed E-state index contributed by atoms with van der Waals surface area (Å²) >= 11 is 5.87. The maximum absolute atomic E-state index is 13.3. The van der Waals surface area contributed by atoms with E-state index in [-0.39, 0.29) is 11.1 Å². The molecule has 0 amide bonds. The zero-order valence-corrected chi connectivity index (χ0v) is 11.8. The summed E-state index contributed by atoms with van der Waals surface area (Å²) in [6, 6.07) is 12.1. The fourth-order valence-electron chi connectivity index (χ4n) is 2.46. The van der Waals surface area contributed by atoms with Crippen LogP contribution in [0.15, 0.2) is 54.9 Å². The molecule has 1 heterocycles. The van der Waals surface area contributed by atoms with Crippen molar-refractivity contribution in [3.63, 3.8) is 0 Å². The lowest BCUT2D eigenvalue weighted by Gasteiger charge is -2.19. The number of hydrazine groups is 1. The first-order chi connectivity index (χ1) is 10.2. The van der Waals surface area contributed by atoms with Gasteiger partial charge < -0.3 is 0 Å². The molecule has 3 nitrogen and oxygen atoms in total. The van der Waals surface area contributed by atoms with Crippen LogP contribution in [0.4, 0.5) is 4.39 Å². The van der Waals surface area contributed by atoms with Gasteiger partial charge in [-0.2, -0.15) is 0 Å². The molecule has 3 aromatic rings. The van der Waals surface area contributed by atoms with Gasteiger partial charge in [0.25, 0.3) is 0 Å². The van der Waals surface area contributed by atoms with Gasteiger partial charge in [0.2, 0.25) is 0 Å². The van der Waals surface area contributed by atoms with Gasteiger partial charge in [-0.1, -0.05) is 35.9 Å². The molecule has 0 saturated carbocycles. The van der Waals surface area contributed by atoms with Crippen molar-refractivity contribution in [3.8, 4) is 0 Å². The third-order valence-electron chi connectivity index (χ3n) is 3.47. The topological polar surface area (TPSA) is 50.9 Å². The summed E-state index contributed by atoms with van der Waals surface area (Å²) in [5.41, 5.74) is 4.56. The molecule has 0 radical (unpaired) electrons. The summed E-state index contributed by atoms with van der Waals surface area (Å²) < 4.78 is 13.3. The number of hydrogen-bond donors (Lipinski definition) is 2. The molecule has 0 fully saturated rings. The van der Waals surface area contributed by atoms with Crippen LogP contribution in [-0.2, 0) is 0 Å². The van der Waals surface area contributed by atoms with Crippen LogP contribution in [0, 0.1) is 5.82 Å². The zero-order chi connectivity index (χ0) is 14.8. The number of nitrogens with zero attached hydrogens (tertiary/aromatic N) is 1. The number of benzene rings is 2. The Balaban J connectivity index is 2.16. The number of fused-ring (bicyclic) bond motifs is 1. The van der Waals surface area contributed by atoms with Crippen LogP contribution in [0.25, 0.3) is 10.8 Å². The van der Waals surface area contributed by atoms with Crippen molar-refractivity contribution in [2.45, 2.75) is 6.04 Å². The molecule has 2 aromatic carbocycles. The highest BCUT2D eigenvalue weighted by Gasteiger charge is 2.16. The minimum atomic E-state index is -0.446. The summed E-state index contributed by atoms with van der Waals surface area (Å²) in [6.07, 6.45) is 3.53. The van der Waals surface area contributed by atoms with Crippen molar-refractivity contribution in [2.24, 2.45) is 5.84 Å². The molecule has 3 N–H and O–H groups in total. The van der Waals surface area contributed by atoms with Crippen LogP contribution >= 0.6 is 11.6 Å². The number of halogens is 2. The number of aromatic nitrogens is 1. The fourth-order valence-corrected chi connectivity index (χ4v) is 2.65. The van der Waals surface area contributed by atoms with Crippen LogP contribution in [0.2, 0.25) is 5.02 Å². The lowest BCUT2D eigenvalue weighted by molar-refractivity contribution is 0.617. The molecule has 0 aliphatic rings. The molecular formula is C16H13ClFN3. The minimum absolute atomic E-state index is 0.0784. The molecule has 0 bridgehead atoms. The highest BCUT2D eigenvalue weighted by molar-refractivity contribution is 6.30.